The highest BCUT2D eigenvalue weighted by Gasteiger charge is 2.11. The Hall–Kier alpha value is -2.67. The van der Waals surface area contributed by atoms with Gasteiger partial charge in [-0.1, -0.05) is 23.4 Å². The number of carbonyl (C=O) groups is 1. The van der Waals surface area contributed by atoms with E-state index in [-0.39, 0.29) is 11.7 Å². The van der Waals surface area contributed by atoms with Gasteiger partial charge in [-0.3, -0.25) is 9.78 Å². The molecule has 1 N–H and O–H groups in total. The monoisotopic (exact) mass is 327 g/mol. The van der Waals surface area contributed by atoms with Gasteiger partial charge in [-0.2, -0.15) is 0 Å². The molecular weight excluding hydrogens is 314 g/mol. The normalized spacial score (nSPS) is 11.3. The molecule has 2 heterocycles. The van der Waals surface area contributed by atoms with Gasteiger partial charge in [0.15, 0.2) is 0 Å². The molecule has 0 spiro atoms. The smallest absolute Gasteiger partial charge is 0.315 e. The second kappa shape index (κ2) is 6.62. The van der Waals surface area contributed by atoms with Crippen LogP contribution in [0.2, 0.25) is 0 Å². The molecule has 116 valence electrons. The summed E-state index contributed by atoms with van der Waals surface area (Å²) < 4.78 is 4.68. The van der Waals surface area contributed by atoms with Crippen molar-refractivity contribution in [3.05, 3.63) is 42.2 Å². The molecule has 0 aliphatic rings. The maximum Gasteiger partial charge on any atom is 0.315 e. The molecule has 2 aromatic heterocycles. The van der Waals surface area contributed by atoms with Gasteiger partial charge < -0.3 is 9.94 Å². The molecular formula is C16H13N3O3S. The lowest BCUT2D eigenvalue weighted by Gasteiger charge is -2.09. The van der Waals surface area contributed by atoms with Crippen molar-refractivity contribution in [2.75, 3.05) is 12.9 Å². The minimum atomic E-state index is -0.309. The maximum absolute atomic E-state index is 11.4. The van der Waals surface area contributed by atoms with Crippen molar-refractivity contribution in [1.29, 1.82) is 0 Å². The fourth-order valence-corrected chi connectivity index (χ4v) is 3.17. The number of ether oxygens (including phenoxy) is 1. The van der Waals surface area contributed by atoms with Crippen LogP contribution in [0.15, 0.2) is 46.6 Å². The van der Waals surface area contributed by atoms with E-state index in [2.05, 4.69) is 19.9 Å². The van der Waals surface area contributed by atoms with Crippen molar-refractivity contribution >= 4 is 45.8 Å². The molecule has 3 aromatic rings. The average Bonchev–Trinajstić information content (AvgIpc) is 2.59. The Morgan fingerprint density at radius 1 is 1.39 bits per heavy atom. The Morgan fingerprint density at radius 3 is 3.04 bits per heavy atom. The first kappa shape index (κ1) is 15.2. The number of nitrogens with zero attached hydrogens (tertiary/aromatic N) is 3. The van der Waals surface area contributed by atoms with Gasteiger partial charge in [0.1, 0.15) is 0 Å². The summed E-state index contributed by atoms with van der Waals surface area (Å²) in [5.74, 6) is -0.123. The van der Waals surface area contributed by atoms with Crippen LogP contribution < -0.4 is 0 Å². The molecule has 0 aliphatic heterocycles. The highest BCUT2D eigenvalue weighted by molar-refractivity contribution is 8.00. The van der Waals surface area contributed by atoms with E-state index in [1.807, 2.05) is 24.3 Å². The van der Waals surface area contributed by atoms with Gasteiger partial charge in [0.2, 0.25) is 0 Å². The number of carbonyl (C=O) groups excluding carboxylic acids is 1. The SMILES string of the molecule is COC(=O)CSc1cc(/C=N/O)nc2c1ccc1cccnc12. The van der Waals surface area contributed by atoms with E-state index in [1.165, 1.54) is 25.1 Å². The van der Waals surface area contributed by atoms with Crippen LogP contribution in [0, 0.1) is 0 Å². The largest absolute Gasteiger partial charge is 0.468 e. The van der Waals surface area contributed by atoms with Crippen molar-refractivity contribution in [3.63, 3.8) is 0 Å². The number of hydrogen-bond donors (Lipinski definition) is 1. The molecule has 0 radical (unpaired) electrons. The molecule has 3 rings (SSSR count). The van der Waals surface area contributed by atoms with E-state index in [0.29, 0.717) is 11.2 Å². The lowest BCUT2D eigenvalue weighted by atomic mass is 10.1. The number of methoxy groups -OCH3 is 1. The molecule has 0 unspecified atom stereocenters. The van der Waals surface area contributed by atoms with Crippen molar-refractivity contribution < 1.29 is 14.7 Å². The van der Waals surface area contributed by atoms with E-state index in [1.54, 1.807) is 12.3 Å². The van der Waals surface area contributed by atoms with Crippen LogP contribution in [-0.4, -0.2) is 40.2 Å². The summed E-state index contributed by atoms with van der Waals surface area (Å²) in [5.41, 5.74) is 1.96. The fourth-order valence-electron chi connectivity index (χ4n) is 2.26. The summed E-state index contributed by atoms with van der Waals surface area (Å²) in [7, 11) is 1.36. The van der Waals surface area contributed by atoms with E-state index in [4.69, 9.17) is 5.21 Å². The van der Waals surface area contributed by atoms with E-state index in [0.717, 1.165) is 21.2 Å². The molecule has 0 amide bonds. The van der Waals surface area contributed by atoms with Gasteiger partial charge in [-0.15, -0.1) is 11.8 Å². The van der Waals surface area contributed by atoms with Crippen LogP contribution in [0.5, 0.6) is 0 Å². The third kappa shape index (κ3) is 3.09. The number of esters is 1. The number of fused-ring (bicyclic) bond motifs is 3. The zero-order valence-corrected chi connectivity index (χ0v) is 13.1. The van der Waals surface area contributed by atoms with Gasteiger partial charge >= 0.3 is 5.97 Å². The first-order valence-corrected chi connectivity index (χ1v) is 7.77. The zero-order chi connectivity index (χ0) is 16.2. The summed E-state index contributed by atoms with van der Waals surface area (Å²) in [6.45, 7) is 0. The molecule has 0 saturated carbocycles. The van der Waals surface area contributed by atoms with Crippen LogP contribution in [0.1, 0.15) is 5.69 Å². The highest BCUT2D eigenvalue weighted by atomic mass is 32.2. The van der Waals surface area contributed by atoms with Crippen LogP contribution in [-0.2, 0) is 9.53 Å². The molecule has 0 saturated heterocycles. The average molecular weight is 327 g/mol. The molecule has 7 heteroatoms. The number of oxime groups is 1. The third-order valence-electron chi connectivity index (χ3n) is 3.30. The molecule has 0 fully saturated rings. The summed E-state index contributed by atoms with van der Waals surface area (Å²) in [4.78, 5) is 21.1. The second-order valence-corrected chi connectivity index (χ2v) is 5.71. The number of benzene rings is 1. The van der Waals surface area contributed by atoms with E-state index >= 15 is 0 Å². The third-order valence-corrected chi connectivity index (χ3v) is 4.33. The van der Waals surface area contributed by atoms with Crippen LogP contribution in [0.4, 0.5) is 0 Å². The van der Waals surface area contributed by atoms with Gasteiger partial charge in [0.05, 0.1) is 35.8 Å². The predicted molar refractivity (Wildman–Crippen MR) is 89.2 cm³/mol. The van der Waals surface area contributed by atoms with Crippen molar-refractivity contribution in [3.8, 4) is 0 Å². The second-order valence-electron chi connectivity index (χ2n) is 4.69. The number of pyridine rings is 2. The van der Waals surface area contributed by atoms with E-state index < -0.39 is 0 Å². The summed E-state index contributed by atoms with van der Waals surface area (Å²) in [6.07, 6.45) is 2.96. The standard InChI is InChI=1S/C16H13N3O3S/c1-22-14(20)9-23-13-7-11(8-18-21)19-16-12(13)5-4-10-3-2-6-17-15(10)16/h2-8,21H,9H2,1H3/b18-8+. The fraction of sp³-hybridized carbons (Fsp3) is 0.125. The summed E-state index contributed by atoms with van der Waals surface area (Å²) in [5, 5.41) is 13.7. The Morgan fingerprint density at radius 2 is 2.26 bits per heavy atom. The molecule has 23 heavy (non-hydrogen) atoms. The first-order chi connectivity index (χ1) is 11.2. The Labute approximate surface area is 136 Å². The quantitative estimate of drug-likeness (QED) is 0.198. The van der Waals surface area contributed by atoms with Crippen LogP contribution in [0.3, 0.4) is 0 Å². The number of aromatic nitrogens is 2. The number of hydrogen-bond acceptors (Lipinski definition) is 7. The summed E-state index contributed by atoms with van der Waals surface area (Å²) >= 11 is 1.35. The molecule has 0 atom stereocenters. The van der Waals surface area contributed by atoms with Crippen LogP contribution in [0.25, 0.3) is 21.8 Å². The Bertz CT molecular complexity index is 912. The maximum atomic E-state index is 11.4. The topological polar surface area (TPSA) is 84.7 Å². The Kier molecular flexibility index (Phi) is 4.38. The van der Waals surface area contributed by atoms with E-state index in [9.17, 15) is 4.79 Å². The van der Waals surface area contributed by atoms with Gasteiger partial charge in [0, 0.05) is 21.9 Å². The molecule has 0 aliphatic carbocycles. The van der Waals surface area contributed by atoms with Crippen LogP contribution >= 0.6 is 11.8 Å². The molecule has 0 bridgehead atoms. The van der Waals surface area contributed by atoms with Crippen molar-refractivity contribution in [1.82, 2.24) is 9.97 Å². The number of rotatable bonds is 4. The lowest BCUT2D eigenvalue weighted by molar-refractivity contribution is -0.137. The van der Waals surface area contributed by atoms with Gasteiger partial charge in [-0.05, 0) is 12.1 Å². The lowest BCUT2D eigenvalue weighted by Crippen LogP contribution is -2.03. The van der Waals surface area contributed by atoms with Crippen molar-refractivity contribution in [2.45, 2.75) is 4.90 Å². The predicted octanol–water partition coefficient (Wildman–Crippen LogP) is 2.86. The first-order valence-electron chi connectivity index (χ1n) is 6.78. The minimum absolute atomic E-state index is 0.186. The summed E-state index contributed by atoms with van der Waals surface area (Å²) in [6, 6.07) is 9.50. The minimum Gasteiger partial charge on any atom is -0.468 e. The zero-order valence-electron chi connectivity index (χ0n) is 12.3. The van der Waals surface area contributed by atoms with Gasteiger partial charge in [0.25, 0.3) is 0 Å². The Balaban J connectivity index is 2.20. The van der Waals surface area contributed by atoms with Gasteiger partial charge in [-0.25, -0.2) is 4.98 Å². The molecule has 1 aromatic carbocycles. The molecule has 6 nitrogen and oxygen atoms in total. The number of thioether (sulfide) groups is 1. The highest BCUT2D eigenvalue weighted by Crippen LogP contribution is 2.31. The van der Waals surface area contributed by atoms with Crippen molar-refractivity contribution in [2.24, 2.45) is 5.16 Å².